The van der Waals surface area contributed by atoms with Crippen LogP contribution in [-0.2, 0) is 19.4 Å². The molecule has 3 aromatic heterocycles. The first-order chi connectivity index (χ1) is 18.7. The van der Waals surface area contributed by atoms with Crippen molar-refractivity contribution in [1.29, 1.82) is 0 Å². The Labute approximate surface area is 221 Å². The predicted octanol–water partition coefficient (Wildman–Crippen LogP) is 6.31. The molecule has 7 heteroatoms. The molecule has 0 bridgehead atoms. The van der Waals surface area contributed by atoms with E-state index in [9.17, 15) is 0 Å². The lowest BCUT2D eigenvalue weighted by Crippen LogP contribution is -2.11. The highest BCUT2D eigenvalue weighted by atomic mass is 16.5. The summed E-state index contributed by atoms with van der Waals surface area (Å²) >= 11 is 0. The molecule has 3 aromatic carbocycles. The zero-order chi connectivity index (χ0) is 25.7. The van der Waals surface area contributed by atoms with Crippen molar-refractivity contribution in [2.45, 2.75) is 19.4 Å². The number of anilines is 2. The minimum absolute atomic E-state index is 0.624. The van der Waals surface area contributed by atoms with Crippen LogP contribution in [0.25, 0.3) is 21.8 Å². The van der Waals surface area contributed by atoms with Crippen LogP contribution in [0.3, 0.4) is 0 Å². The number of H-pyrrole nitrogens is 2. The van der Waals surface area contributed by atoms with Crippen molar-refractivity contribution in [1.82, 2.24) is 19.9 Å². The molecule has 4 N–H and O–H groups in total. The normalized spacial score (nSPS) is 11.2. The highest BCUT2D eigenvalue weighted by molar-refractivity contribution is 5.84. The van der Waals surface area contributed by atoms with Gasteiger partial charge in [0.05, 0.1) is 12.8 Å². The third-order valence-electron chi connectivity index (χ3n) is 6.75. The van der Waals surface area contributed by atoms with E-state index >= 15 is 0 Å². The number of fused-ring (bicyclic) bond motifs is 2. The van der Waals surface area contributed by atoms with Crippen LogP contribution in [0.15, 0.2) is 91.3 Å². The maximum atomic E-state index is 5.41. The van der Waals surface area contributed by atoms with Crippen LogP contribution >= 0.6 is 0 Å². The summed E-state index contributed by atoms with van der Waals surface area (Å²) in [4.78, 5) is 16.2. The van der Waals surface area contributed by atoms with E-state index in [-0.39, 0.29) is 0 Å². The fourth-order valence-electron chi connectivity index (χ4n) is 4.77. The van der Waals surface area contributed by atoms with Gasteiger partial charge in [-0.05, 0) is 64.9 Å². The molecule has 190 valence electrons. The lowest BCUT2D eigenvalue weighted by molar-refractivity contribution is 0.415. The van der Waals surface area contributed by atoms with Crippen LogP contribution in [0.2, 0.25) is 0 Å². The van der Waals surface area contributed by atoms with Crippen molar-refractivity contribution in [3.05, 3.63) is 114 Å². The maximum absolute atomic E-state index is 5.41. The number of ether oxygens (including phenoxy) is 1. The van der Waals surface area contributed by atoms with E-state index in [0.717, 1.165) is 41.1 Å². The summed E-state index contributed by atoms with van der Waals surface area (Å²) in [6, 6.07) is 27.1. The van der Waals surface area contributed by atoms with Gasteiger partial charge in [0.1, 0.15) is 11.6 Å². The van der Waals surface area contributed by atoms with Gasteiger partial charge in [0.2, 0.25) is 5.95 Å². The highest BCUT2D eigenvalue weighted by Gasteiger charge is 2.09. The maximum Gasteiger partial charge on any atom is 0.224 e. The molecule has 0 spiro atoms. The minimum atomic E-state index is 0.624. The summed E-state index contributed by atoms with van der Waals surface area (Å²) in [5.74, 6) is 2.29. The molecular formula is C31H30N6O. The molecule has 38 heavy (non-hydrogen) atoms. The van der Waals surface area contributed by atoms with E-state index in [1.807, 2.05) is 30.5 Å². The molecule has 0 aliphatic rings. The average Bonchev–Trinajstić information content (AvgIpc) is 3.59. The quantitative estimate of drug-likeness (QED) is 0.176. The van der Waals surface area contributed by atoms with Crippen LogP contribution in [0.5, 0.6) is 5.75 Å². The summed E-state index contributed by atoms with van der Waals surface area (Å²) in [5.41, 5.74) is 6.85. The number of hydrogen-bond acceptors (Lipinski definition) is 5. The van der Waals surface area contributed by atoms with E-state index < -0.39 is 0 Å². The number of benzene rings is 3. The van der Waals surface area contributed by atoms with Crippen LogP contribution in [0.1, 0.15) is 22.4 Å². The van der Waals surface area contributed by atoms with E-state index in [1.165, 1.54) is 27.5 Å². The first-order valence-electron chi connectivity index (χ1n) is 12.8. The molecule has 0 fully saturated rings. The van der Waals surface area contributed by atoms with Gasteiger partial charge in [0.25, 0.3) is 0 Å². The van der Waals surface area contributed by atoms with Gasteiger partial charge in [0, 0.05) is 54.4 Å². The Morgan fingerprint density at radius 2 is 1.71 bits per heavy atom. The Kier molecular flexibility index (Phi) is 6.64. The zero-order valence-corrected chi connectivity index (χ0v) is 21.3. The smallest absolute Gasteiger partial charge is 0.224 e. The number of rotatable bonds is 10. The molecule has 0 amide bonds. The molecule has 0 radical (unpaired) electrons. The minimum Gasteiger partial charge on any atom is -0.497 e. The number of aromatic nitrogens is 4. The second kappa shape index (κ2) is 10.7. The second-order valence-electron chi connectivity index (χ2n) is 9.39. The SMILES string of the molecule is COc1ccc2[nH]cc(CCNc3nc(Cc4ccccc4)cc(NCc4ccc5[nH]ccc5c4)n3)c2c1. The number of nitrogens with zero attached hydrogens (tertiary/aromatic N) is 2. The van der Waals surface area contributed by atoms with Gasteiger partial charge in [-0.2, -0.15) is 4.98 Å². The van der Waals surface area contributed by atoms with Crippen molar-refractivity contribution in [3.63, 3.8) is 0 Å². The van der Waals surface area contributed by atoms with Gasteiger partial charge in [-0.15, -0.1) is 0 Å². The van der Waals surface area contributed by atoms with Crippen molar-refractivity contribution < 1.29 is 4.74 Å². The summed E-state index contributed by atoms with van der Waals surface area (Å²) in [6.45, 7) is 1.39. The van der Waals surface area contributed by atoms with Gasteiger partial charge >= 0.3 is 0 Å². The topological polar surface area (TPSA) is 90.6 Å². The molecule has 0 unspecified atom stereocenters. The zero-order valence-electron chi connectivity index (χ0n) is 21.3. The van der Waals surface area contributed by atoms with E-state index in [2.05, 4.69) is 81.4 Å². The highest BCUT2D eigenvalue weighted by Crippen LogP contribution is 2.24. The summed E-state index contributed by atoms with van der Waals surface area (Å²) in [5, 5.41) is 9.33. The van der Waals surface area contributed by atoms with Crippen molar-refractivity contribution in [3.8, 4) is 5.75 Å². The van der Waals surface area contributed by atoms with Crippen LogP contribution in [0.4, 0.5) is 11.8 Å². The average molecular weight is 503 g/mol. The molecule has 0 saturated carbocycles. The number of hydrogen-bond donors (Lipinski definition) is 4. The molecule has 3 heterocycles. The molecule has 0 aliphatic carbocycles. The molecule has 7 nitrogen and oxygen atoms in total. The standard InChI is InChI=1S/C31H30N6O/c1-38-26-8-10-29-27(18-26)24(20-34-29)12-14-33-31-36-25(16-21-5-3-2-4-6-21)17-30(37-31)35-19-22-7-9-28-23(15-22)11-13-32-28/h2-11,13,15,17-18,20,32,34H,12,14,16,19H2,1H3,(H2,33,35,36,37). The van der Waals surface area contributed by atoms with Gasteiger partial charge in [0.15, 0.2) is 0 Å². The van der Waals surface area contributed by atoms with Crippen molar-refractivity contribution in [2.24, 2.45) is 0 Å². The number of aromatic amines is 2. The first-order valence-corrected chi connectivity index (χ1v) is 12.8. The Balaban J connectivity index is 1.19. The Morgan fingerprint density at radius 3 is 2.61 bits per heavy atom. The summed E-state index contributed by atoms with van der Waals surface area (Å²) in [7, 11) is 1.69. The van der Waals surface area contributed by atoms with E-state index in [4.69, 9.17) is 14.7 Å². The second-order valence-corrected chi connectivity index (χ2v) is 9.39. The van der Waals surface area contributed by atoms with E-state index in [1.54, 1.807) is 7.11 Å². The molecule has 6 aromatic rings. The third-order valence-corrected chi connectivity index (χ3v) is 6.75. The molecule has 0 saturated heterocycles. The van der Waals surface area contributed by atoms with Gasteiger partial charge in [-0.25, -0.2) is 4.98 Å². The lowest BCUT2D eigenvalue weighted by atomic mass is 10.1. The van der Waals surface area contributed by atoms with Crippen molar-refractivity contribution in [2.75, 3.05) is 24.3 Å². The fourth-order valence-corrected chi connectivity index (χ4v) is 4.77. The summed E-state index contributed by atoms with van der Waals surface area (Å²) in [6.07, 6.45) is 5.60. The van der Waals surface area contributed by atoms with Gasteiger partial charge < -0.3 is 25.3 Å². The number of methoxy groups -OCH3 is 1. The van der Waals surface area contributed by atoms with E-state index in [0.29, 0.717) is 19.0 Å². The summed E-state index contributed by atoms with van der Waals surface area (Å²) < 4.78 is 5.41. The van der Waals surface area contributed by atoms with Crippen LogP contribution < -0.4 is 15.4 Å². The third kappa shape index (κ3) is 5.32. The Hall–Kier alpha value is -4.78. The molecule has 0 aliphatic heterocycles. The Bertz CT molecular complexity index is 1670. The van der Waals surface area contributed by atoms with Crippen LogP contribution in [0, 0.1) is 0 Å². The van der Waals surface area contributed by atoms with Gasteiger partial charge in [-0.3, -0.25) is 0 Å². The first kappa shape index (κ1) is 23.6. The lowest BCUT2D eigenvalue weighted by Gasteiger charge is -2.12. The fraction of sp³-hybridized carbons (Fsp3) is 0.161. The Morgan fingerprint density at radius 1 is 0.816 bits per heavy atom. The van der Waals surface area contributed by atoms with Gasteiger partial charge in [-0.1, -0.05) is 36.4 Å². The molecule has 0 atom stereocenters. The number of nitrogens with one attached hydrogen (secondary N) is 4. The monoisotopic (exact) mass is 502 g/mol. The molecular weight excluding hydrogens is 472 g/mol. The van der Waals surface area contributed by atoms with Crippen LogP contribution in [-0.4, -0.2) is 33.6 Å². The van der Waals surface area contributed by atoms with Crippen molar-refractivity contribution >= 4 is 33.6 Å². The largest absolute Gasteiger partial charge is 0.497 e. The predicted molar refractivity (Wildman–Crippen MR) is 154 cm³/mol. The molecule has 6 rings (SSSR count).